The summed E-state index contributed by atoms with van der Waals surface area (Å²) in [6.45, 7) is 6.45. The van der Waals surface area contributed by atoms with Gasteiger partial charge in [0.05, 0.1) is 0 Å². The fourth-order valence-electron chi connectivity index (χ4n) is 3.41. The first-order valence-corrected chi connectivity index (χ1v) is 10.3. The maximum absolute atomic E-state index is 12.8. The molecule has 0 aliphatic carbocycles. The van der Waals surface area contributed by atoms with Crippen LogP contribution in [0.4, 0.5) is 5.13 Å². The largest absolute Gasteiger partial charge is 0.348 e. The van der Waals surface area contributed by atoms with E-state index in [0.717, 1.165) is 35.8 Å². The van der Waals surface area contributed by atoms with Gasteiger partial charge in [-0.15, -0.1) is 5.10 Å². The van der Waals surface area contributed by atoms with Gasteiger partial charge in [0, 0.05) is 25.8 Å². The second kappa shape index (κ2) is 7.71. The molecule has 7 nitrogen and oxygen atoms in total. The van der Waals surface area contributed by atoms with Crippen LogP contribution in [0.2, 0.25) is 0 Å². The van der Waals surface area contributed by atoms with Gasteiger partial charge in [-0.1, -0.05) is 48.1 Å². The molecule has 1 atom stereocenters. The van der Waals surface area contributed by atoms with Crippen molar-refractivity contribution in [1.82, 2.24) is 19.9 Å². The molecule has 3 heterocycles. The standard InChI is InChI=1S/C20H23N5O2S/c1-13-5-7-15(8-6-13)10-21-17(26)16-11-22-19-25(18(16)27)23-20(28-19)24-9-3-4-14(2)12-24/h5-8,11,14H,3-4,9-10,12H2,1-2H3,(H,21,26)/t14-/m0/s1. The quantitative estimate of drug-likeness (QED) is 0.732. The van der Waals surface area contributed by atoms with Gasteiger partial charge in [-0.05, 0) is 31.2 Å². The predicted molar refractivity (Wildman–Crippen MR) is 110 cm³/mol. The van der Waals surface area contributed by atoms with Crippen molar-refractivity contribution in [2.24, 2.45) is 5.92 Å². The minimum absolute atomic E-state index is 0.00785. The number of rotatable bonds is 4. The van der Waals surface area contributed by atoms with Gasteiger partial charge >= 0.3 is 0 Å². The molecular formula is C20H23N5O2S. The molecule has 28 heavy (non-hydrogen) atoms. The van der Waals surface area contributed by atoms with Crippen molar-refractivity contribution in [1.29, 1.82) is 0 Å². The molecule has 1 amide bonds. The molecule has 8 heteroatoms. The summed E-state index contributed by atoms with van der Waals surface area (Å²) in [5.41, 5.74) is 1.71. The van der Waals surface area contributed by atoms with Crippen molar-refractivity contribution < 1.29 is 4.79 Å². The molecule has 0 unspecified atom stereocenters. The Balaban J connectivity index is 1.54. The molecule has 3 aromatic rings. The molecule has 1 fully saturated rings. The molecule has 1 aromatic carbocycles. The van der Waals surface area contributed by atoms with Gasteiger partial charge in [-0.25, -0.2) is 4.98 Å². The first-order chi connectivity index (χ1) is 13.5. The topological polar surface area (TPSA) is 79.6 Å². The minimum Gasteiger partial charge on any atom is -0.348 e. The first-order valence-electron chi connectivity index (χ1n) is 9.49. The predicted octanol–water partition coefficient (Wildman–Crippen LogP) is 2.63. The highest BCUT2D eigenvalue weighted by Gasteiger charge is 2.22. The number of nitrogens with one attached hydrogen (secondary N) is 1. The summed E-state index contributed by atoms with van der Waals surface area (Å²) < 4.78 is 1.25. The van der Waals surface area contributed by atoms with E-state index in [1.165, 1.54) is 28.5 Å². The third-order valence-electron chi connectivity index (χ3n) is 5.02. The van der Waals surface area contributed by atoms with Gasteiger partial charge in [0.15, 0.2) is 0 Å². The lowest BCUT2D eigenvalue weighted by Crippen LogP contribution is -2.34. The zero-order valence-corrected chi connectivity index (χ0v) is 16.8. The smallest absolute Gasteiger partial charge is 0.288 e. The molecule has 146 valence electrons. The number of aryl methyl sites for hydroxylation is 1. The van der Waals surface area contributed by atoms with Crippen molar-refractivity contribution in [2.45, 2.75) is 33.2 Å². The number of anilines is 1. The summed E-state index contributed by atoms with van der Waals surface area (Å²) in [6.07, 6.45) is 3.68. The van der Waals surface area contributed by atoms with E-state index in [-0.39, 0.29) is 5.56 Å². The van der Waals surface area contributed by atoms with Gasteiger partial charge in [0.1, 0.15) is 5.56 Å². The number of hydrogen-bond donors (Lipinski definition) is 1. The monoisotopic (exact) mass is 397 g/mol. The lowest BCUT2D eigenvalue weighted by molar-refractivity contribution is 0.0948. The van der Waals surface area contributed by atoms with Crippen molar-refractivity contribution in [3.8, 4) is 0 Å². The number of piperidine rings is 1. The molecule has 1 saturated heterocycles. The fraction of sp³-hybridized carbons (Fsp3) is 0.400. The van der Waals surface area contributed by atoms with Crippen LogP contribution in [0.1, 0.15) is 41.3 Å². The summed E-state index contributed by atoms with van der Waals surface area (Å²) in [4.78, 5) is 32.3. The van der Waals surface area contributed by atoms with Crippen LogP contribution in [0.3, 0.4) is 0 Å². The van der Waals surface area contributed by atoms with Crippen molar-refractivity contribution in [2.75, 3.05) is 18.0 Å². The zero-order chi connectivity index (χ0) is 19.7. The van der Waals surface area contributed by atoms with Gasteiger partial charge in [-0.3, -0.25) is 9.59 Å². The van der Waals surface area contributed by atoms with Crippen LogP contribution in [-0.2, 0) is 6.54 Å². The molecule has 0 saturated carbocycles. The van der Waals surface area contributed by atoms with E-state index in [9.17, 15) is 9.59 Å². The van der Waals surface area contributed by atoms with Crippen LogP contribution in [-0.4, -0.2) is 33.6 Å². The number of nitrogens with zero attached hydrogens (tertiary/aromatic N) is 4. The summed E-state index contributed by atoms with van der Waals surface area (Å²) in [7, 11) is 0. The molecule has 4 rings (SSSR count). The van der Waals surface area contributed by atoms with Crippen LogP contribution >= 0.6 is 11.3 Å². The van der Waals surface area contributed by atoms with Crippen molar-refractivity contribution in [3.05, 3.63) is 57.5 Å². The van der Waals surface area contributed by atoms with Crippen LogP contribution in [0.5, 0.6) is 0 Å². The highest BCUT2D eigenvalue weighted by atomic mass is 32.1. The van der Waals surface area contributed by atoms with Crippen LogP contribution in [0.15, 0.2) is 35.3 Å². The van der Waals surface area contributed by atoms with Crippen molar-refractivity contribution >= 4 is 27.3 Å². The third kappa shape index (κ3) is 3.77. The number of carbonyl (C=O) groups is 1. The van der Waals surface area contributed by atoms with E-state index in [1.807, 2.05) is 31.2 Å². The summed E-state index contributed by atoms with van der Waals surface area (Å²) in [6, 6.07) is 7.89. The number of benzene rings is 1. The van der Waals surface area contributed by atoms with Crippen LogP contribution in [0, 0.1) is 12.8 Å². The Bertz CT molecular complexity index is 1060. The molecule has 0 spiro atoms. The van der Waals surface area contributed by atoms with E-state index < -0.39 is 11.5 Å². The van der Waals surface area contributed by atoms with E-state index in [2.05, 4.69) is 27.2 Å². The van der Waals surface area contributed by atoms with Gasteiger partial charge in [0.25, 0.3) is 11.5 Å². The highest BCUT2D eigenvalue weighted by Crippen LogP contribution is 2.26. The lowest BCUT2D eigenvalue weighted by Gasteiger charge is -2.30. The molecular weight excluding hydrogens is 374 g/mol. The maximum Gasteiger partial charge on any atom is 0.288 e. The number of fused-ring (bicyclic) bond motifs is 1. The zero-order valence-electron chi connectivity index (χ0n) is 16.0. The molecule has 0 bridgehead atoms. The van der Waals surface area contributed by atoms with E-state index in [1.54, 1.807) is 0 Å². The average molecular weight is 398 g/mol. The number of amides is 1. The Morgan fingerprint density at radius 1 is 1.32 bits per heavy atom. The van der Waals surface area contributed by atoms with Gasteiger partial charge in [-0.2, -0.15) is 4.52 Å². The maximum atomic E-state index is 12.8. The number of hydrogen-bond acceptors (Lipinski definition) is 6. The second-order valence-corrected chi connectivity index (χ2v) is 8.35. The van der Waals surface area contributed by atoms with E-state index in [4.69, 9.17) is 0 Å². The van der Waals surface area contributed by atoms with E-state index in [0.29, 0.717) is 17.4 Å². The summed E-state index contributed by atoms with van der Waals surface area (Å²) in [5.74, 6) is 0.169. The normalized spacial score (nSPS) is 17.1. The second-order valence-electron chi connectivity index (χ2n) is 7.42. The minimum atomic E-state index is -0.436. The molecule has 0 radical (unpaired) electrons. The van der Waals surface area contributed by atoms with Crippen LogP contribution in [0.25, 0.3) is 4.96 Å². The van der Waals surface area contributed by atoms with Gasteiger partial charge in [0.2, 0.25) is 10.1 Å². The molecule has 1 aliphatic rings. The number of aromatic nitrogens is 3. The highest BCUT2D eigenvalue weighted by molar-refractivity contribution is 7.20. The summed E-state index contributed by atoms with van der Waals surface area (Å²) in [5, 5.41) is 8.02. The van der Waals surface area contributed by atoms with Crippen molar-refractivity contribution in [3.63, 3.8) is 0 Å². The Kier molecular flexibility index (Phi) is 5.13. The lowest BCUT2D eigenvalue weighted by atomic mass is 10.0. The SMILES string of the molecule is Cc1ccc(CNC(=O)c2cnc3sc(N4CCC[C@H](C)C4)nn3c2=O)cc1. The number of carbonyl (C=O) groups excluding carboxylic acids is 1. The Morgan fingerprint density at radius 2 is 2.11 bits per heavy atom. The molecule has 2 aromatic heterocycles. The Hall–Kier alpha value is -2.74. The Morgan fingerprint density at radius 3 is 2.86 bits per heavy atom. The molecule has 1 N–H and O–H groups in total. The van der Waals surface area contributed by atoms with Gasteiger partial charge < -0.3 is 10.2 Å². The van der Waals surface area contributed by atoms with E-state index >= 15 is 0 Å². The summed E-state index contributed by atoms with van der Waals surface area (Å²) >= 11 is 1.39. The molecule has 1 aliphatic heterocycles. The Labute approximate surface area is 167 Å². The third-order valence-corrected chi connectivity index (χ3v) is 6.01. The average Bonchev–Trinajstić information content (AvgIpc) is 3.13. The van der Waals surface area contributed by atoms with Crippen LogP contribution < -0.4 is 15.8 Å². The fourth-order valence-corrected chi connectivity index (χ4v) is 4.30. The first kappa shape index (κ1) is 18.6.